The van der Waals surface area contributed by atoms with Crippen molar-refractivity contribution in [3.63, 3.8) is 0 Å². The predicted molar refractivity (Wildman–Crippen MR) is 137 cm³/mol. The van der Waals surface area contributed by atoms with E-state index in [9.17, 15) is 24.4 Å². The van der Waals surface area contributed by atoms with Gasteiger partial charge in [0.25, 0.3) is 0 Å². The first-order chi connectivity index (χ1) is 17.4. The van der Waals surface area contributed by atoms with Gasteiger partial charge in [0.05, 0.1) is 24.7 Å². The fraction of sp³-hybridized carbons (Fsp3) is 0.786. The summed E-state index contributed by atoms with van der Waals surface area (Å²) >= 11 is 0. The molecule has 1 saturated heterocycles. The van der Waals surface area contributed by atoms with Crippen LogP contribution >= 0.6 is 7.60 Å². The molecule has 9 heteroatoms. The molecule has 4 fully saturated rings. The summed E-state index contributed by atoms with van der Waals surface area (Å²) in [5, 5.41) is 22.0. The second kappa shape index (κ2) is 8.94. The molecule has 4 aliphatic carbocycles. The Labute approximate surface area is 219 Å². The lowest BCUT2D eigenvalue weighted by Crippen LogP contribution is -2.77. The van der Waals surface area contributed by atoms with Crippen molar-refractivity contribution < 1.29 is 38.2 Å². The first-order valence-corrected chi connectivity index (χ1v) is 15.4. The molecule has 0 aromatic heterocycles. The van der Waals surface area contributed by atoms with Crippen molar-refractivity contribution in [3.05, 3.63) is 23.8 Å². The maximum Gasteiger partial charge on any atom is 0.359 e. The van der Waals surface area contributed by atoms with E-state index in [-0.39, 0.29) is 43.2 Å². The first-order valence-electron chi connectivity index (χ1n) is 13.8. The fourth-order valence-corrected chi connectivity index (χ4v) is 12.2. The lowest BCUT2D eigenvalue weighted by Gasteiger charge is -2.71. The number of fused-ring (bicyclic) bond motifs is 4. The van der Waals surface area contributed by atoms with Crippen molar-refractivity contribution in [1.82, 2.24) is 0 Å². The molecule has 5 aliphatic rings. The van der Waals surface area contributed by atoms with E-state index in [1.807, 2.05) is 6.08 Å². The van der Waals surface area contributed by atoms with E-state index in [1.54, 1.807) is 26.0 Å². The lowest BCUT2D eigenvalue weighted by molar-refractivity contribution is -0.323. The molecule has 0 aromatic carbocycles. The summed E-state index contributed by atoms with van der Waals surface area (Å²) in [6, 6.07) is 0. The van der Waals surface area contributed by atoms with Gasteiger partial charge < -0.3 is 24.0 Å². The standard InChI is InChI=1S/C28H41O8P/c1-6-17-14-26(5)21-10-12-28(22(32)16-29)27(21,24(36-28)37(33,34-7-2)35-8-3)15-20(31)23(26)25(4)11-9-18(30)13-19(17)25/h9,11,13,17,20-21,23-24,29,31H,6-8,10,12,14-16H2,1-5H3/t17-,20?,21-,23+,24?,25-,26-,27-,28-/m0/s1. The third kappa shape index (κ3) is 3.29. The average molecular weight is 537 g/mol. The Balaban J connectivity index is 1.69. The molecule has 1 heterocycles. The minimum Gasteiger partial charge on any atom is -0.393 e. The molecule has 9 atom stereocenters. The van der Waals surface area contributed by atoms with E-state index in [1.165, 1.54) is 0 Å². The van der Waals surface area contributed by atoms with E-state index in [0.29, 0.717) is 12.8 Å². The molecule has 0 bridgehead atoms. The third-order valence-corrected chi connectivity index (χ3v) is 13.0. The van der Waals surface area contributed by atoms with Gasteiger partial charge in [-0.15, -0.1) is 0 Å². The smallest absolute Gasteiger partial charge is 0.359 e. The van der Waals surface area contributed by atoms with Crippen LogP contribution in [0.1, 0.15) is 66.7 Å². The minimum absolute atomic E-state index is 0.0217. The highest BCUT2D eigenvalue weighted by atomic mass is 31.2. The second-order valence-corrected chi connectivity index (χ2v) is 14.1. The molecule has 1 spiro atoms. The molecule has 1 aliphatic heterocycles. The number of aliphatic hydroxyl groups is 2. The van der Waals surface area contributed by atoms with Crippen LogP contribution in [-0.4, -0.2) is 59.2 Å². The summed E-state index contributed by atoms with van der Waals surface area (Å²) in [4.78, 5) is 25.8. The number of allylic oxidation sites excluding steroid dienone is 4. The van der Waals surface area contributed by atoms with E-state index in [0.717, 1.165) is 18.4 Å². The summed E-state index contributed by atoms with van der Waals surface area (Å²) in [5.41, 5.74) is -2.20. The zero-order chi connectivity index (χ0) is 27.0. The van der Waals surface area contributed by atoms with Crippen LogP contribution in [-0.2, 0) is 27.9 Å². The Hall–Kier alpha value is -1.15. The SMILES string of the molecule is CCOP(=O)(OCC)C1O[C@]2(C(=O)CO)CC[C@H]3[C@]4(C)C[C@H](CC)C5=CC(=O)C=C[C@]5(C)[C@H]4C(O)C[C@@]132. The summed E-state index contributed by atoms with van der Waals surface area (Å²) in [5.74, 6) is -1.63. The van der Waals surface area contributed by atoms with Crippen molar-refractivity contribution in [2.24, 2.45) is 34.0 Å². The van der Waals surface area contributed by atoms with E-state index in [4.69, 9.17) is 13.8 Å². The van der Waals surface area contributed by atoms with Crippen molar-refractivity contribution in [3.8, 4) is 0 Å². The van der Waals surface area contributed by atoms with Gasteiger partial charge in [-0.25, -0.2) is 0 Å². The summed E-state index contributed by atoms with van der Waals surface area (Å²) < 4.78 is 32.0. The second-order valence-electron chi connectivity index (χ2n) is 12.1. The molecule has 8 nitrogen and oxygen atoms in total. The number of carbonyl (C=O) groups excluding carboxylic acids is 2. The Morgan fingerprint density at radius 2 is 1.86 bits per heavy atom. The largest absolute Gasteiger partial charge is 0.393 e. The lowest BCUT2D eigenvalue weighted by atomic mass is 9.38. The zero-order valence-electron chi connectivity index (χ0n) is 22.6. The summed E-state index contributed by atoms with van der Waals surface area (Å²) in [7, 11) is -3.80. The molecule has 0 radical (unpaired) electrons. The zero-order valence-corrected chi connectivity index (χ0v) is 23.5. The van der Waals surface area contributed by atoms with Gasteiger partial charge >= 0.3 is 7.60 Å². The molecule has 2 unspecified atom stereocenters. The predicted octanol–water partition coefficient (Wildman–Crippen LogP) is 4.19. The van der Waals surface area contributed by atoms with Crippen LogP contribution in [0.25, 0.3) is 0 Å². The maximum atomic E-state index is 14.2. The van der Waals surface area contributed by atoms with E-state index < -0.39 is 53.8 Å². The molecule has 37 heavy (non-hydrogen) atoms. The number of hydrogen-bond donors (Lipinski definition) is 2. The van der Waals surface area contributed by atoms with Gasteiger partial charge in [-0.05, 0) is 75.4 Å². The highest BCUT2D eigenvalue weighted by molar-refractivity contribution is 7.54. The third-order valence-electron chi connectivity index (χ3n) is 10.6. The number of rotatable bonds is 8. The van der Waals surface area contributed by atoms with Gasteiger partial charge in [0.15, 0.2) is 17.4 Å². The molecule has 2 N–H and O–H groups in total. The Morgan fingerprint density at radius 1 is 1.19 bits per heavy atom. The monoisotopic (exact) mass is 536 g/mol. The van der Waals surface area contributed by atoms with Gasteiger partial charge in [-0.1, -0.05) is 32.4 Å². The molecule has 0 aromatic rings. The van der Waals surface area contributed by atoms with Crippen LogP contribution < -0.4 is 0 Å². The Kier molecular flexibility index (Phi) is 6.62. The summed E-state index contributed by atoms with van der Waals surface area (Å²) in [6.45, 7) is 9.55. The Bertz CT molecular complexity index is 1090. The van der Waals surface area contributed by atoms with Gasteiger partial charge in [-0.3, -0.25) is 14.2 Å². The first kappa shape index (κ1) is 27.4. The Morgan fingerprint density at radius 3 is 2.46 bits per heavy atom. The van der Waals surface area contributed by atoms with Crippen LogP contribution in [0.5, 0.6) is 0 Å². The van der Waals surface area contributed by atoms with E-state index in [2.05, 4.69) is 20.8 Å². The number of carbonyl (C=O) groups is 2. The van der Waals surface area contributed by atoms with Crippen LogP contribution in [0.15, 0.2) is 23.8 Å². The van der Waals surface area contributed by atoms with Crippen molar-refractivity contribution in [2.75, 3.05) is 19.8 Å². The van der Waals surface area contributed by atoms with E-state index >= 15 is 0 Å². The molecule has 3 saturated carbocycles. The number of Topliss-reactive ketones (excluding diaryl/α,β-unsaturated/α-hetero) is 1. The number of aliphatic hydroxyl groups excluding tert-OH is 2. The van der Waals surface area contributed by atoms with Gasteiger partial charge in [0.2, 0.25) is 0 Å². The van der Waals surface area contributed by atoms with Crippen LogP contribution in [0.4, 0.5) is 0 Å². The van der Waals surface area contributed by atoms with Crippen LogP contribution in [0.2, 0.25) is 0 Å². The number of ether oxygens (including phenoxy) is 1. The van der Waals surface area contributed by atoms with Gasteiger partial charge in [0, 0.05) is 11.3 Å². The highest BCUT2D eigenvalue weighted by Crippen LogP contribution is 2.83. The topological polar surface area (TPSA) is 119 Å². The molecular formula is C28H41O8P. The van der Waals surface area contributed by atoms with Crippen molar-refractivity contribution >= 4 is 19.2 Å². The van der Waals surface area contributed by atoms with Crippen molar-refractivity contribution in [1.29, 1.82) is 0 Å². The minimum atomic E-state index is -3.80. The highest BCUT2D eigenvalue weighted by Gasteiger charge is 2.85. The average Bonchev–Trinajstić information content (AvgIpc) is 3.08. The quantitative estimate of drug-likeness (QED) is 0.443. The molecule has 206 valence electrons. The van der Waals surface area contributed by atoms with Gasteiger partial charge in [-0.2, -0.15) is 0 Å². The fourth-order valence-electron chi connectivity index (χ4n) is 9.72. The van der Waals surface area contributed by atoms with Crippen molar-refractivity contribution in [2.45, 2.75) is 84.3 Å². The normalized spacial score (nSPS) is 46.3. The summed E-state index contributed by atoms with van der Waals surface area (Å²) in [6.07, 6.45) is 7.31. The van der Waals surface area contributed by atoms with Gasteiger partial charge in [0.1, 0.15) is 12.2 Å². The van der Waals surface area contributed by atoms with Crippen LogP contribution in [0.3, 0.4) is 0 Å². The maximum absolute atomic E-state index is 14.2. The van der Waals surface area contributed by atoms with Crippen LogP contribution in [0, 0.1) is 34.0 Å². The molecule has 5 rings (SSSR count). The molecular weight excluding hydrogens is 495 g/mol. The number of hydrogen-bond acceptors (Lipinski definition) is 8. The number of ketones is 2. The molecule has 0 amide bonds.